The van der Waals surface area contributed by atoms with Crippen LogP contribution in [0.15, 0.2) is 0 Å². The lowest BCUT2D eigenvalue weighted by Crippen LogP contribution is -2.46. The minimum Gasteiger partial charge on any atom is -0.441 e. The van der Waals surface area contributed by atoms with Gasteiger partial charge in [0.25, 0.3) is 0 Å². The number of ether oxygens (including phenoxy) is 4. The average Bonchev–Trinajstić information content (AvgIpc) is 3.03. The molecule has 3 unspecified atom stereocenters. The van der Waals surface area contributed by atoms with Crippen molar-refractivity contribution in [3.05, 3.63) is 0 Å². The van der Waals surface area contributed by atoms with Crippen LogP contribution in [0.2, 0.25) is 0 Å². The van der Waals surface area contributed by atoms with Crippen LogP contribution in [0.3, 0.4) is 0 Å². The maximum absolute atomic E-state index is 12.2. The second-order valence-corrected chi connectivity index (χ2v) is 8.28. The minimum absolute atomic E-state index is 0.176. The van der Waals surface area contributed by atoms with Gasteiger partial charge >= 0.3 is 6.09 Å². The van der Waals surface area contributed by atoms with Crippen LogP contribution in [0, 0.1) is 0 Å². The fourth-order valence-corrected chi connectivity index (χ4v) is 3.27. The molecule has 146 valence electrons. The summed E-state index contributed by atoms with van der Waals surface area (Å²) in [5.74, 6) is -0.664. The van der Waals surface area contributed by atoms with E-state index in [2.05, 4.69) is 24.1 Å². The number of hydrogen-bond acceptors (Lipinski definition) is 6. The van der Waals surface area contributed by atoms with Crippen molar-refractivity contribution in [1.82, 2.24) is 10.2 Å². The lowest BCUT2D eigenvalue weighted by molar-refractivity contribution is -0.167. The standard InChI is InChI=1S/C18H34N2O5/c1-17(2)9-8-13(24-17)15(14-12-22-18(3,4)25-14)23-16(21)19-10-7-11-20(5)6/h13-15H,7-12H2,1-6H3,(H,19,21). The Hall–Kier alpha value is -0.890. The number of rotatable bonds is 7. The summed E-state index contributed by atoms with van der Waals surface area (Å²) in [6.45, 7) is 9.73. The molecule has 0 radical (unpaired) electrons. The molecule has 2 aliphatic rings. The van der Waals surface area contributed by atoms with Gasteiger partial charge in [-0.15, -0.1) is 0 Å². The van der Waals surface area contributed by atoms with Crippen molar-refractivity contribution in [2.45, 2.75) is 76.7 Å². The third kappa shape index (κ3) is 6.40. The van der Waals surface area contributed by atoms with Crippen LogP contribution in [0.5, 0.6) is 0 Å². The Bertz CT molecular complexity index is 427. The highest BCUT2D eigenvalue weighted by Crippen LogP contribution is 2.36. The first-order chi connectivity index (χ1) is 11.6. The molecule has 1 N–H and O–H groups in total. The first-order valence-electron chi connectivity index (χ1n) is 9.17. The monoisotopic (exact) mass is 358 g/mol. The van der Waals surface area contributed by atoms with Crippen LogP contribution in [-0.4, -0.2) is 74.5 Å². The molecule has 1 amide bonds. The zero-order valence-electron chi connectivity index (χ0n) is 16.5. The number of carbonyl (C=O) groups excluding carboxylic acids is 1. The molecule has 0 aromatic rings. The molecule has 2 rings (SSSR count). The lowest BCUT2D eigenvalue weighted by Gasteiger charge is -2.30. The Kier molecular flexibility index (Phi) is 6.70. The normalized spacial score (nSPS) is 28.9. The molecule has 7 nitrogen and oxygen atoms in total. The molecule has 2 aliphatic heterocycles. The third-order valence-corrected chi connectivity index (χ3v) is 4.56. The van der Waals surface area contributed by atoms with Crippen molar-refractivity contribution < 1.29 is 23.7 Å². The Morgan fingerprint density at radius 3 is 2.48 bits per heavy atom. The zero-order chi connectivity index (χ0) is 18.7. The molecule has 7 heteroatoms. The summed E-state index contributed by atoms with van der Waals surface area (Å²) in [6, 6.07) is 0. The van der Waals surface area contributed by atoms with Crippen LogP contribution in [0.1, 0.15) is 47.0 Å². The summed E-state index contributed by atoms with van der Waals surface area (Å²) in [5, 5.41) is 2.82. The topological polar surface area (TPSA) is 69.3 Å². The van der Waals surface area contributed by atoms with Gasteiger partial charge in [0.15, 0.2) is 11.9 Å². The Labute approximate surface area is 151 Å². The number of alkyl carbamates (subject to hydrolysis) is 1. The molecule has 2 heterocycles. The molecular weight excluding hydrogens is 324 g/mol. The molecule has 0 aromatic carbocycles. The van der Waals surface area contributed by atoms with Crippen molar-refractivity contribution in [2.75, 3.05) is 33.8 Å². The van der Waals surface area contributed by atoms with Crippen molar-refractivity contribution in [3.8, 4) is 0 Å². The maximum Gasteiger partial charge on any atom is 0.407 e. The van der Waals surface area contributed by atoms with E-state index < -0.39 is 18.0 Å². The summed E-state index contributed by atoms with van der Waals surface area (Å²) in [5.41, 5.74) is -0.205. The van der Waals surface area contributed by atoms with Crippen molar-refractivity contribution in [2.24, 2.45) is 0 Å². The van der Waals surface area contributed by atoms with Crippen LogP contribution in [0.25, 0.3) is 0 Å². The van der Waals surface area contributed by atoms with Gasteiger partial charge in [-0.25, -0.2) is 4.79 Å². The van der Waals surface area contributed by atoms with Gasteiger partial charge in [0, 0.05) is 6.54 Å². The first kappa shape index (κ1) is 20.4. The Balaban J connectivity index is 1.92. The van der Waals surface area contributed by atoms with E-state index in [-0.39, 0.29) is 17.8 Å². The van der Waals surface area contributed by atoms with Gasteiger partial charge in [-0.3, -0.25) is 0 Å². The van der Waals surface area contributed by atoms with Crippen LogP contribution in [0.4, 0.5) is 4.79 Å². The van der Waals surface area contributed by atoms with Crippen molar-refractivity contribution >= 4 is 6.09 Å². The van der Waals surface area contributed by atoms with Crippen molar-refractivity contribution in [1.29, 1.82) is 0 Å². The second-order valence-electron chi connectivity index (χ2n) is 8.28. The summed E-state index contributed by atoms with van der Waals surface area (Å²) in [7, 11) is 4.01. The van der Waals surface area contributed by atoms with Gasteiger partial charge in [-0.2, -0.15) is 0 Å². The van der Waals surface area contributed by atoms with E-state index in [9.17, 15) is 4.79 Å². The highest BCUT2D eigenvalue weighted by atomic mass is 16.8. The Morgan fingerprint density at radius 2 is 1.96 bits per heavy atom. The maximum atomic E-state index is 12.2. The molecule has 2 fully saturated rings. The minimum atomic E-state index is -0.664. The van der Waals surface area contributed by atoms with Crippen LogP contribution in [-0.2, 0) is 18.9 Å². The van der Waals surface area contributed by atoms with E-state index in [1.807, 2.05) is 27.9 Å². The quantitative estimate of drug-likeness (QED) is 0.703. The fourth-order valence-electron chi connectivity index (χ4n) is 3.27. The van der Waals surface area contributed by atoms with Gasteiger partial charge in [-0.05, 0) is 67.6 Å². The number of amides is 1. The van der Waals surface area contributed by atoms with Gasteiger partial charge < -0.3 is 29.2 Å². The number of hydrogen-bond donors (Lipinski definition) is 1. The highest BCUT2D eigenvalue weighted by Gasteiger charge is 2.47. The van der Waals surface area contributed by atoms with Gasteiger partial charge in [0.05, 0.1) is 18.3 Å². The van der Waals surface area contributed by atoms with Gasteiger partial charge in [-0.1, -0.05) is 0 Å². The number of carbonyl (C=O) groups is 1. The summed E-state index contributed by atoms with van der Waals surface area (Å²) in [4.78, 5) is 14.3. The smallest absolute Gasteiger partial charge is 0.407 e. The van der Waals surface area contributed by atoms with Crippen LogP contribution >= 0.6 is 0 Å². The lowest BCUT2D eigenvalue weighted by atomic mass is 10.0. The van der Waals surface area contributed by atoms with Gasteiger partial charge in [0.2, 0.25) is 0 Å². The van der Waals surface area contributed by atoms with E-state index in [1.54, 1.807) is 0 Å². The molecule has 0 saturated carbocycles. The molecule has 25 heavy (non-hydrogen) atoms. The molecule has 0 aliphatic carbocycles. The molecular formula is C18H34N2O5. The second kappa shape index (κ2) is 8.20. The number of nitrogens with zero attached hydrogens (tertiary/aromatic N) is 1. The SMILES string of the molecule is CN(C)CCCNC(=O)OC(C1CCC(C)(C)O1)C1COC(C)(C)O1. The predicted molar refractivity (Wildman–Crippen MR) is 94.5 cm³/mol. The largest absolute Gasteiger partial charge is 0.441 e. The van der Waals surface area contributed by atoms with E-state index in [0.717, 1.165) is 25.8 Å². The van der Waals surface area contributed by atoms with E-state index >= 15 is 0 Å². The number of nitrogens with one attached hydrogen (secondary N) is 1. The van der Waals surface area contributed by atoms with Crippen molar-refractivity contribution in [3.63, 3.8) is 0 Å². The third-order valence-electron chi connectivity index (χ3n) is 4.56. The van der Waals surface area contributed by atoms with E-state index in [0.29, 0.717) is 13.2 Å². The fraction of sp³-hybridized carbons (Fsp3) is 0.944. The average molecular weight is 358 g/mol. The van der Waals surface area contributed by atoms with E-state index in [1.165, 1.54) is 0 Å². The van der Waals surface area contributed by atoms with E-state index in [4.69, 9.17) is 18.9 Å². The summed E-state index contributed by atoms with van der Waals surface area (Å²) < 4.78 is 23.4. The molecule has 0 bridgehead atoms. The molecule has 3 atom stereocenters. The molecule has 0 spiro atoms. The summed E-state index contributed by atoms with van der Waals surface area (Å²) >= 11 is 0. The molecule has 0 aromatic heterocycles. The predicted octanol–water partition coefficient (Wildman–Crippen LogP) is 2.14. The Morgan fingerprint density at radius 1 is 1.24 bits per heavy atom. The van der Waals surface area contributed by atoms with Gasteiger partial charge in [0.1, 0.15) is 6.10 Å². The molecule has 2 saturated heterocycles. The highest BCUT2D eigenvalue weighted by molar-refractivity contribution is 5.67. The zero-order valence-corrected chi connectivity index (χ0v) is 16.5. The summed E-state index contributed by atoms with van der Waals surface area (Å²) in [6.07, 6.45) is 1.25. The van der Waals surface area contributed by atoms with Crippen LogP contribution < -0.4 is 5.32 Å². The first-order valence-corrected chi connectivity index (χ1v) is 9.17.